The van der Waals surface area contributed by atoms with Gasteiger partial charge in [-0.2, -0.15) is 0 Å². The van der Waals surface area contributed by atoms with Gasteiger partial charge < -0.3 is 4.74 Å². The number of ether oxygens (including phenoxy) is 1. The van der Waals surface area contributed by atoms with Crippen LogP contribution in [0.3, 0.4) is 0 Å². The van der Waals surface area contributed by atoms with Gasteiger partial charge in [0.15, 0.2) is 6.23 Å². The first kappa shape index (κ1) is 10.3. The summed E-state index contributed by atoms with van der Waals surface area (Å²) in [6.07, 6.45) is 3.48. The SMILES string of the molecule is CC(C)C1=C(C(C)C)C(N)OC=C1. The molecular weight excluding hydrogens is 162 g/mol. The summed E-state index contributed by atoms with van der Waals surface area (Å²) in [5.41, 5.74) is 8.44. The Morgan fingerprint density at radius 2 is 1.85 bits per heavy atom. The van der Waals surface area contributed by atoms with E-state index < -0.39 is 0 Å². The first-order chi connectivity index (χ1) is 6.04. The average molecular weight is 181 g/mol. The lowest BCUT2D eigenvalue weighted by Crippen LogP contribution is -2.30. The van der Waals surface area contributed by atoms with Gasteiger partial charge in [0.1, 0.15) is 0 Å². The molecule has 0 saturated carbocycles. The fourth-order valence-electron chi connectivity index (χ4n) is 1.72. The third-order valence-corrected chi connectivity index (χ3v) is 2.36. The highest BCUT2D eigenvalue weighted by atomic mass is 16.5. The van der Waals surface area contributed by atoms with Gasteiger partial charge in [-0.25, -0.2) is 0 Å². The van der Waals surface area contributed by atoms with Gasteiger partial charge in [-0.05, 0) is 29.1 Å². The molecule has 0 saturated heterocycles. The molecule has 1 unspecified atom stereocenters. The maximum atomic E-state index is 5.88. The van der Waals surface area contributed by atoms with E-state index in [2.05, 4.69) is 27.7 Å². The maximum Gasteiger partial charge on any atom is 0.169 e. The van der Waals surface area contributed by atoms with Gasteiger partial charge in [-0.1, -0.05) is 27.7 Å². The zero-order valence-electron chi connectivity index (χ0n) is 8.87. The fourth-order valence-corrected chi connectivity index (χ4v) is 1.72. The van der Waals surface area contributed by atoms with Crippen LogP contribution < -0.4 is 5.73 Å². The average Bonchev–Trinajstić information content (AvgIpc) is 2.02. The molecule has 0 spiro atoms. The van der Waals surface area contributed by atoms with Crippen molar-refractivity contribution in [2.75, 3.05) is 0 Å². The molecule has 2 nitrogen and oxygen atoms in total. The second-order valence-electron chi connectivity index (χ2n) is 4.08. The molecule has 0 aromatic rings. The lowest BCUT2D eigenvalue weighted by Gasteiger charge is -2.27. The largest absolute Gasteiger partial charge is 0.479 e. The number of hydrogen-bond acceptors (Lipinski definition) is 2. The highest BCUT2D eigenvalue weighted by molar-refractivity contribution is 5.32. The summed E-state index contributed by atoms with van der Waals surface area (Å²) in [7, 11) is 0. The molecular formula is C11H19NO. The zero-order valence-corrected chi connectivity index (χ0v) is 8.87. The number of nitrogens with two attached hydrogens (primary N) is 1. The summed E-state index contributed by atoms with van der Waals surface area (Å²) in [6.45, 7) is 8.67. The summed E-state index contributed by atoms with van der Waals surface area (Å²) in [6, 6.07) is 0. The second-order valence-corrected chi connectivity index (χ2v) is 4.08. The van der Waals surface area contributed by atoms with Crippen molar-refractivity contribution < 1.29 is 4.74 Å². The summed E-state index contributed by atoms with van der Waals surface area (Å²) in [5, 5.41) is 0. The van der Waals surface area contributed by atoms with Crippen molar-refractivity contribution in [1.29, 1.82) is 0 Å². The molecule has 0 aromatic heterocycles. The number of hydrogen-bond donors (Lipinski definition) is 1. The number of allylic oxidation sites excluding steroid dienone is 2. The van der Waals surface area contributed by atoms with Crippen LogP contribution in [0, 0.1) is 11.8 Å². The van der Waals surface area contributed by atoms with E-state index in [0.717, 1.165) is 0 Å². The van der Waals surface area contributed by atoms with Crippen molar-refractivity contribution in [3.63, 3.8) is 0 Å². The minimum atomic E-state index is -0.248. The zero-order chi connectivity index (χ0) is 10.0. The first-order valence-electron chi connectivity index (χ1n) is 4.85. The highest BCUT2D eigenvalue weighted by Crippen LogP contribution is 2.27. The van der Waals surface area contributed by atoms with Gasteiger partial charge in [-0.3, -0.25) is 5.73 Å². The van der Waals surface area contributed by atoms with Gasteiger partial charge in [0.2, 0.25) is 0 Å². The van der Waals surface area contributed by atoms with Crippen molar-refractivity contribution in [1.82, 2.24) is 0 Å². The smallest absolute Gasteiger partial charge is 0.169 e. The van der Waals surface area contributed by atoms with Crippen LogP contribution in [0.5, 0.6) is 0 Å². The molecule has 0 radical (unpaired) electrons. The van der Waals surface area contributed by atoms with Crippen molar-refractivity contribution in [3.8, 4) is 0 Å². The van der Waals surface area contributed by atoms with E-state index in [1.54, 1.807) is 6.26 Å². The summed E-state index contributed by atoms with van der Waals surface area (Å²) >= 11 is 0. The standard InChI is InChI=1S/C11H19NO/c1-7(2)9-5-6-13-11(12)10(9)8(3)4/h5-8,11H,12H2,1-4H3. The van der Waals surface area contributed by atoms with Crippen molar-refractivity contribution >= 4 is 0 Å². The molecule has 13 heavy (non-hydrogen) atoms. The lowest BCUT2D eigenvalue weighted by atomic mass is 9.88. The fraction of sp³-hybridized carbons (Fsp3) is 0.636. The summed E-state index contributed by atoms with van der Waals surface area (Å²) < 4.78 is 5.27. The minimum absolute atomic E-state index is 0.248. The van der Waals surface area contributed by atoms with Crippen LogP contribution in [0.2, 0.25) is 0 Å². The van der Waals surface area contributed by atoms with E-state index in [1.807, 2.05) is 6.08 Å². The van der Waals surface area contributed by atoms with E-state index in [0.29, 0.717) is 11.8 Å². The van der Waals surface area contributed by atoms with E-state index in [-0.39, 0.29) is 6.23 Å². The normalized spacial score (nSPS) is 22.8. The monoisotopic (exact) mass is 181 g/mol. The Hall–Kier alpha value is -0.760. The predicted molar refractivity (Wildman–Crippen MR) is 54.9 cm³/mol. The summed E-state index contributed by atoms with van der Waals surface area (Å²) in [4.78, 5) is 0. The molecule has 1 atom stereocenters. The Balaban J connectivity index is 3.05. The molecule has 0 fully saturated rings. The second kappa shape index (κ2) is 3.97. The van der Waals surface area contributed by atoms with E-state index in [1.165, 1.54) is 11.1 Å². The molecule has 2 N–H and O–H groups in total. The Kier molecular flexibility index (Phi) is 3.15. The molecule has 0 bridgehead atoms. The van der Waals surface area contributed by atoms with Crippen molar-refractivity contribution in [2.45, 2.75) is 33.9 Å². The topological polar surface area (TPSA) is 35.2 Å². The molecule has 74 valence electrons. The van der Waals surface area contributed by atoms with E-state index >= 15 is 0 Å². The molecule has 1 heterocycles. The van der Waals surface area contributed by atoms with Crippen LogP contribution in [-0.4, -0.2) is 6.23 Å². The van der Waals surface area contributed by atoms with E-state index in [9.17, 15) is 0 Å². The molecule has 1 aliphatic heterocycles. The molecule has 0 amide bonds. The third-order valence-electron chi connectivity index (χ3n) is 2.36. The Morgan fingerprint density at radius 1 is 1.23 bits per heavy atom. The lowest BCUT2D eigenvalue weighted by molar-refractivity contribution is 0.165. The molecule has 0 aliphatic carbocycles. The maximum absolute atomic E-state index is 5.88. The molecule has 1 rings (SSSR count). The van der Waals surface area contributed by atoms with Crippen molar-refractivity contribution in [3.05, 3.63) is 23.5 Å². The Labute approximate surface area is 80.5 Å². The van der Waals surface area contributed by atoms with Crippen LogP contribution in [-0.2, 0) is 4.74 Å². The Morgan fingerprint density at radius 3 is 2.23 bits per heavy atom. The van der Waals surface area contributed by atoms with Crippen LogP contribution in [0.15, 0.2) is 23.5 Å². The Bertz CT molecular complexity index is 238. The van der Waals surface area contributed by atoms with Gasteiger partial charge >= 0.3 is 0 Å². The predicted octanol–water partition coefficient (Wildman–Crippen LogP) is 2.42. The van der Waals surface area contributed by atoms with Crippen LogP contribution >= 0.6 is 0 Å². The number of rotatable bonds is 2. The summed E-state index contributed by atoms with van der Waals surface area (Å²) in [5.74, 6) is 0.973. The minimum Gasteiger partial charge on any atom is -0.479 e. The molecule has 1 aliphatic rings. The van der Waals surface area contributed by atoms with Crippen LogP contribution in [0.25, 0.3) is 0 Å². The van der Waals surface area contributed by atoms with Gasteiger partial charge in [0.25, 0.3) is 0 Å². The van der Waals surface area contributed by atoms with Crippen molar-refractivity contribution in [2.24, 2.45) is 17.6 Å². The highest BCUT2D eigenvalue weighted by Gasteiger charge is 2.21. The third kappa shape index (κ3) is 2.13. The first-order valence-corrected chi connectivity index (χ1v) is 4.85. The van der Waals surface area contributed by atoms with Gasteiger partial charge in [0, 0.05) is 0 Å². The van der Waals surface area contributed by atoms with Gasteiger partial charge in [0.05, 0.1) is 6.26 Å². The van der Waals surface area contributed by atoms with E-state index in [4.69, 9.17) is 10.5 Å². The van der Waals surface area contributed by atoms with Gasteiger partial charge in [-0.15, -0.1) is 0 Å². The quantitative estimate of drug-likeness (QED) is 0.710. The molecule has 2 heteroatoms. The van der Waals surface area contributed by atoms with Crippen LogP contribution in [0.4, 0.5) is 0 Å². The van der Waals surface area contributed by atoms with Crippen LogP contribution in [0.1, 0.15) is 27.7 Å². The molecule has 0 aromatic carbocycles.